The maximum absolute atomic E-state index is 14.0. The number of hydroxylamine groups is 1. The fourth-order valence-electron chi connectivity index (χ4n) is 5.79. The van der Waals surface area contributed by atoms with Gasteiger partial charge in [0.2, 0.25) is 23.4 Å². The molecule has 3 N–H and O–H groups in total. The molecule has 1 saturated carbocycles. The summed E-state index contributed by atoms with van der Waals surface area (Å²) in [7, 11) is 0. The highest BCUT2D eigenvalue weighted by Gasteiger charge is 2.62. The minimum Gasteiger partial charge on any atom is -0.471 e. The Balaban J connectivity index is 1.46. The quantitative estimate of drug-likeness (QED) is 0.266. The zero-order valence-electron chi connectivity index (χ0n) is 23.6. The van der Waals surface area contributed by atoms with Crippen molar-refractivity contribution >= 4 is 28.8 Å². The molecular formula is C29H34F3N5O6. The summed E-state index contributed by atoms with van der Waals surface area (Å²) in [6.45, 7) is 1.51. The zero-order chi connectivity index (χ0) is 30.8. The van der Waals surface area contributed by atoms with Crippen molar-refractivity contribution in [1.29, 1.82) is 0 Å². The van der Waals surface area contributed by atoms with Gasteiger partial charge in [0.15, 0.2) is 0 Å². The third-order valence-electron chi connectivity index (χ3n) is 8.12. The molecule has 11 nitrogen and oxygen atoms in total. The Kier molecular flexibility index (Phi) is 8.88. The summed E-state index contributed by atoms with van der Waals surface area (Å²) in [5.74, 6) is -2.94. The standard InChI is InChI=1S/C29H34F3N5O6/c1-2-42-27(40)28-15-17(28)10-6-4-3-5-7-13-21(36-41)26(39)37-16-18(14-22(37)24(38)35-28)43-25-23(29(30,31)32)33-19-11-8-9-12-20(19)34-25/h6,8-12,17-18,21-22,36,41H,2-5,7,13-16H2,1H3,(H,35,38)/b10-6-/t17-,18-,21+,22+,28-/m1/s1. The molecule has 0 spiro atoms. The molecule has 2 fully saturated rings. The molecule has 1 aliphatic carbocycles. The molecule has 1 saturated heterocycles. The van der Waals surface area contributed by atoms with E-state index in [0.717, 1.165) is 19.3 Å². The first-order chi connectivity index (χ1) is 20.6. The molecule has 2 amide bonds. The molecule has 5 rings (SSSR count). The SMILES string of the molecule is CCOC(=O)[C@@]12C[C@H]1/C=C\CCCCC[C@H](NO)C(=O)N1C[C@H](Oc3nc4ccccc4nc3C(F)(F)F)C[C@H]1C(=O)N2. The number of para-hydroxylation sites is 2. The van der Waals surface area contributed by atoms with Crippen molar-refractivity contribution in [2.75, 3.05) is 13.2 Å². The van der Waals surface area contributed by atoms with E-state index in [0.29, 0.717) is 12.8 Å². The number of benzene rings is 1. The van der Waals surface area contributed by atoms with Gasteiger partial charge < -0.3 is 24.9 Å². The molecule has 14 heteroatoms. The molecule has 0 radical (unpaired) electrons. The van der Waals surface area contributed by atoms with Crippen LogP contribution in [0.4, 0.5) is 13.2 Å². The molecule has 3 heterocycles. The number of fused-ring (bicyclic) bond motifs is 3. The van der Waals surface area contributed by atoms with Crippen LogP contribution < -0.4 is 15.5 Å². The smallest absolute Gasteiger partial charge is 0.438 e. The predicted molar refractivity (Wildman–Crippen MR) is 146 cm³/mol. The van der Waals surface area contributed by atoms with Crippen LogP contribution in [-0.2, 0) is 25.3 Å². The lowest BCUT2D eigenvalue weighted by Crippen LogP contribution is -2.55. The highest BCUT2D eigenvalue weighted by Crippen LogP contribution is 2.46. The van der Waals surface area contributed by atoms with E-state index < -0.39 is 59.3 Å². The Morgan fingerprint density at radius 2 is 1.93 bits per heavy atom. The van der Waals surface area contributed by atoms with E-state index in [-0.39, 0.29) is 42.9 Å². The van der Waals surface area contributed by atoms with Crippen molar-refractivity contribution in [1.82, 2.24) is 25.7 Å². The third kappa shape index (κ3) is 6.44. The van der Waals surface area contributed by atoms with Crippen molar-refractivity contribution in [3.63, 3.8) is 0 Å². The highest BCUT2D eigenvalue weighted by molar-refractivity contribution is 5.96. The van der Waals surface area contributed by atoms with Crippen molar-refractivity contribution < 1.29 is 42.2 Å². The Hall–Kier alpha value is -3.78. The minimum absolute atomic E-state index is 0.0324. The van der Waals surface area contributed by atoms with E-state index in [1.54, 1.807) is 19.1 Å². The monoisotopic (exact) mass is 605 g/mol. The van der Waals surface area contributed by atoms with Crippen LogP contribution in [0.5, 0.6) is 5.88 Å². The Morgan fingerprint density at radius 1 is 1.19 bits per heavy atom. The number of nitrogens with zero attached hydrogens (tertiary/aromatic N) is 3. The lowest BCUT2D eigenvalue weighted by molar-refractivity contribution is -0.150. The number of esters is 1. The Bertz CT molecular complexity index is 1400. The Labute approximate surface area is 245 Å². The average Bonchev–Trinajstić information content (AvgIpc) is 3.50. The first-order valence-corrected chi connectivity index (χ1v) is 14.4. The molecule has 1 aromatic carbocycles. The van der Waals surface area contributed by atoms with Gasteiger partial charge in [0.25, 0.3) is 0 Å². The number of carbonyl (C=O) groups excluding carboxylic acids is 3. The van der Waals surface area contributed by atoms with E-state index in [9.17, 15) is 32.8 Å². The number of hydrogen-bond acceptors (Lipinski definition) is 9. The highest BCUT2D eigenvalue weighted by atomic mass is 19.4. The lowest BCUT2D eigenvalue weighted by atomic mass is 10.1. The van der Waals surface area contributed by atoms with Gasteiger partial charge in [-0.05, 0) is 44.7 Å². The lowest BCUT2D eigenvalue weighted by Gasteiger charge is -2.28. The third-order valence-corrected chi connectivity index (χ3v) is 8.12. The summed E-state index contributed by atoms with van der Waals surface area (Å²) < 4.78 is 52.9. The van der Waals surface area contributed by atoms with Gasteiger partial charge in [-0.25, -0.2) is 14.8 Å². The molecule has 43 heavy (non-hydrogen) atoms. The second-order valence-electron chi connectivity index (χ2n) is 11.1. The van der Waals surface area contributed by atoms with Crippen LogP contribution in [0, 0.1) is 5.92 Å². The van der Waals surface area contributed by atoms with E-state index in [1.165, 1.54) is 17.0 Å². The van der Waals surface area contributed by atoms with E-state index in [4.69, 9.17) is 9.47 Å². The van der Waals surface area contributed by atoms with Crippen molar-refractivity contribution in [2.24, 2.45) is 5.92 Å². The van der Waals surface area contributed by atoms with Crippen molar-refractivity contribution in [3.8, 4) is 5.88 Å². The van der Waals surface area contributed by atoms with Crippen LogP contribution in [0.3, 0.4) is 0 Å². The van der Waals surface area contributed by atoms with Gasteiger partial charge in [-0.1, -0.05) is 37.1 Å². The van der Waals surface area contributed by atoms with Crippen molar-refractivity contribution in [3.05, 3.63) is 42.1 Å². The number of amides is 2. The van der Waals surface area contributed by atoms with Gasteiger partial charge in [-0.2, -0.15) is 18.7 Å². The number of alkyl halides is 3. The second kappa shape index (κ2) is 12.4. The topological polar surface area (TPSA) is 143 Å². The number of allylic oxidation sites excluding steroid dienone is 1. The maximum Gasteiger partial charge on any atom is 0.438 e. The number of nitrogens with one attached hydrogen (secondary N) is 2. The van der Waals surface area contributed by atoms with Crippen LogP contribution in [0.2, 0.25) is 0 Å². The zero-order valence-corrected chi connectivity index (χ0v) is 23.6. The van der Waals surface area contributed by atoms with Crippen LogP contribution in [0.25, 0.3) is 11.0 Å². The predicted octanol–water partition coefficient (Wildman–Crippen LogP) is 3.30. The number of halogens is 3. The molecule has 1 aromatic heterocycles. The van der Waals surface area contributed by atoms with Gasteiger partial charge in [0.05, 0.1) is 24.2 Å². The number of rotatable bonds is 5. The molecule has 0 unspecified atom stereocenters. The Morgan fingerprint density at radius 3 is 2.63 bits per heavy atom. The van der Waals surface area contributed by atoms with Crippen LogP contribution in [0.15, 0.2) is 36.4 Å². The molecule has 232 valence electrons. The molecule has 2 aromatic rings. The fourth-order valence-corrected chi connectivity index (χ4v) is 5.79. The number of ether oxygens (including phenoxy) is 2. The fraction of sp³-hybridized carbons (Fsp3) is 0.552. The normalized spacial score (nSPS) is 29.1. The summed E-state index contributed by atoms with van der Waals surface area (Å²) in [5.41, 5.74) is -0.393. The molecule has 2 aliphatic heterocycles. The molecule has 5 atom stereocenters. The summed E-state index contributed by atoms with van der Waals surface area (Å²) in [6.07, 6.45) is 1.27. The summed E-state index contributed by atoms with van der Waals surface area (Å²) in [5, 5.41) is 12.6. The van der Waals surface area contributed by atoms with Gasteiger partial charge in [-0.3, -0.25) is 9.59 Å². The van der Waals surface area contributed by atoms with Gasteiger partial charge >= 0.3 is 12.1 Å². The average molecular weight is 606 g/mol. The van der Waals surface area contributed by atoms with Crippen molar-refractivity contribution in [2.45, 2.75) is 81.8 Å². The number of aromatic nitrogens is 2. The largest absolute Gasteiger partial charge is 0.471 e. The summed E-state index contributed by atoms with van der Waals surface area (Å²) in [4.78, 5) is 49.3. The van der Waals surface area contributed by atoms with E-state index in [1.807, 2.05) is 17.6 Å². The van der Waals surface area contributed by atoms with Crippen LogP contribution in [0.1, 0.15) is 57.6 Å². The van der Waals surface area contributed by atoms with Gasteiger partial charge in [-0.15, -0.1) is 0 Å². The van der Waals surface area contributed by atoms with Gasteiger partial charge in [0.1, 0.15) is 23.7 Å². The molecule has 0 bridgehead atoms. The first-order valence-electron chi connectivity index (χ1n) is 14.4. The van der Waals surface area contributed by atoms with Crippen LogP contribution in [-0.4, -0.2) is 74.7 Å². The maximum atomic E-state index is 14.0. The van der Waals surface area contributed by atoms with Gasteiger partial charge in [0, 0.05) is 12.3 Å². The molecule has 3 aliphatic rings. The summed E-state index contributed by atoms with van der Waals surface area (Å²) in [6, 6.07) is 3.80. The molecular weight excluding hydrogens is 571 g/mol. The number of carbonyl (C=O) groups is 3. The second-order valence-corrected chi connectivity index (χ2v) is 11.1. The summed E-state index contributed by atoms with van der Waals surface area (Å²) >= 11 is 0. The van der Waals surface area contributed by atoms with E-state index in [2.05, 4.69) is 15.3 Å². The van der Waals surface area contributed by atoms with E-state index >= 15 is 0 Å². The number of hydrogen-bond donors (Lipinski definition) is 3. The first kappa shape index (κ1) is 30.7. The minimum atomic E-state index is -4.88. The van der Waals surface area contributed by atoms with Crippen LogP contribution >= 0.6 is 0 Å².